The first kappa shape index (κ1) is 12.5. The van der Waals surface area contributed by atoms with Gasteiger partial charge in [0.15, 0.2) is 0 Å². The smallest absolute Gasteiger partial charge is 0.122 e. The van der Waals surface area contributed by atoms with E-state index in [1.54, 1.807) is 0 Å². The van der Waals surface area contributed by atoms with Crippen LogP contribution in [0, 0.1) is 6.92 Å². The Labute approximate surface area is 121 Å². The summed E-state index contributed by atoms with van der Waals surface area (Å²) in [6.07, 6.45) is 0. The molecule has 1 aliphatic heterocycles. The van der Waals surface area contributed by atoms with Crippen LogP contribution in [0.25, 0.3) is 0 Å². The normalized spacial score (nSPS) is 16.8. The van der Waals surface area contributed by atoms with Gasteiger partial charge in [0.1, 0.15) is 5.75 Å². The molecule has 3 heteroatoms. The molecule has 0 amide bonds. The average molecular weight is 318 g/mol. The molecule has 0 radical (unpaired) electrons. The second kappa shape index (κ2) is 5.25. The fourth-order valence-electron chi connectivity index (χ4n) is 2.41. The number of nitrogens with one attached hydrogen (secondary N) is 1. The highest BCUT2D eigenvalue weighted by Gasteiger charge is 2.23. The summed E-state index contributed by atoms with van der Waals surface area (Å²) < 4.78 is 6.80. The van der Waals surface area contributed by atoms with Crippen LogP contribution in [0.1, 0.15) is 17.0 Å². The molecule has 0 aliphatic carbocycles. The van der Waals surface area contributed by atoms with Crippen LogP contribution in [0.15, 0.2) is 46.9 Å². The summed E-state index contributed by atoms with van der Waals surface area (Å²) in [5, 5.41) is 3.51. The van der Waals surface area contributed by atoms with Crippen molar-refractivity contribution in [3.05, 3.63) is 58.1 Å². The SMILES string of the molecule is Cc1ccc(Br)c(NCC2COc3ccccc32)c1. The molecule has 1 atom stereocenters. The second-order valence-electron chi connectivity index (χ2n) is 4.91. The maximum atomic E-state index is 5.70. The molecule has 0 saturated heterocycles. The van der Waals surface area contributed by atoms with Crippen LogP contribution in [0.2, 0.25) is 0 Å². The molecule has 1 aliphatic rings. The van der Waals surface area contributed by atoms with E-state index in [9.17, 15) is 0 Å². The Morgan fingerprint density at radius 1 is 1.26 bits per heavy atom. The van der Waals surface area contributed by atoms with Crippen LogP contribution >= 0.6 is 15.9 Å². The van der Waals surface area contributed by atoms with Crippen molar-refractivity contribution < 1.29 is 4.74 Å². The van der Waals surface area contributed by atoms with Crippen molar-refractivity contribution in [2.24, 2.45) is 0 Å². The standard InChI is InChI=1S/C16H16BrNO/c1-11-6-7-14(17)15(8-11)18-9-12-10-19-16-5-3-2-4-13(12)16/h2-8,12,18H,9-10H2,1H3. The Hall–Kier alpha value is -1.48. The Balaban J connectivity index is 1.72. The third kappa shape index (κ3) is 2.61. The molecule has 19 heavy (non-hydrogen) atoms. The summed E-state index contributed by atoms with van der Waals surface area (Å²) in [6.45, 7) is 3.75. The molecule has 0 saturated carbocycles. The van der Waals surface area contributed by atoms with Crippen molar-refractivity contribution in [2.45, 2.75) is 12.8 Å². The van der Waals surface area contributed by atoms with E-state index in [1.165, 1.54) is 11.1 Å². The van der Waals surface area contributed by atoms with Crippen LogP contribution in [0.5, 0.6) is 5.75 Å². The first-order valence-electron chi connectivity index (χ1n) is 6.46. The van der Waals surface area contributed by atoms with E-state index >= 15 is 0 Å². The molecule has 1 N–H and O–H groups in total. The molecule has 1 unspecified atom stereocenters. The largest absolute Gasteiger partial charge is 0.493 e. The minimum absolute atomic E-state index is 0.420. The molecule has 0 bridgehead atoms. The predicted octanol–water partition coefficient (Wildman–Crippen LogP) is 4.35. The predicted molar refractivity (Wildman–Crippen MR) is 82.0 cm³/mol. The number of halogens is 1. The van der Waals surface area contributed by atoms with E-state index in [1.807, 2.05) is 12.1 Å². The number of para-hydroxylation sites is 1. The zero-order valence-electron chi connectivity index (χ0n) is 10.8. The molecule has 1 heterocycles. The Morgan fingerprint density at radius 3 is 3.00 bits per heavy atom. The minimum Gasteiger partial charge on any atom is -0.493 e. The average Bonchev–Trinajstić information content (AvgIpc) is 2.83. The van der Waals surface area contributed by atoms with Crippen LogP contribution < -0.4 is 10.1 Å². The first-order chi connectivity index (χ1) is 9.24. The summed E-state index contributed by atoms with van der Waals surface area (Å²) >= 11 is 3.58. The lowest BCUT2D eigenvalue weighted by Gasteiger charge is -2.13. The van der Waals surface area contributed by atoms with Crippen LogP contribution in [0.3, 0.4) is 0 Å². The monoisotopic (exact) mass is 317 g/mol. The molecule has 0 aromatic heterocycles. The number of hydrogen-bond donors (Lipinski definition) is 1. The quantitative estimate of drug-likeness (QED) is 0.909. The Morgan fingerprint density at radius 2 is 2.11 bits per heavy atom. The van der Waals surface area contributed by atoms with E-state index in [-0.39, 0.29) is 0 Å². The highest BCUT2D eigenvalue weighted by atomic mass is 79.9. The van der Waals surface area contributed by atoms with Crippen molar-refractivity contribution in [3.63, 3.8) is 0 Å². The van der Waals surface area contributed by atoms with Crippen LogP contribution in [-0.2, 0) is 0 Å². The van der Waals surface area contributed by atoms with Crippen molar-refractivity contribution in [1.82, 2.24) is 0 Å². The number of benzene rings is 2. The van der Waals surface area contributed by atoms with Gasteiger partial charge >= 0.3 is 0 Å². The second-order valence-corrected chi connectivity index (χ2v) is 5.76. The van der Waals surface area contributed by atoms with Gasteiger partial charge in [-0.2, -0.15) is 0 Å². The summed E-state index contributed by atoms with van der Waals surface area (Å²) in [7, 11) is 0. The highest BCUT2D eigenvalue weighted by Crippen LogP contribution is 2.34. The lowest BCUT2D eigenvalue weighted by Crippen LogP contribution is -2.14. The molecule has 2 aromatic carbocycles. The van der Waals surface area contributed by atoms with Gasteiger partial charge in [0.05, 0.1) is 6.61 Å². The van der Waals surface area contributed by atoms with Gasteiger partial charge in [-0.1, -0.05) is 24.3 Å². The van der Waals surface area contributed by atoms with Crippen molar-refractivity contribution in [2.75, 3.05) is 18.5 Å². The first-order valence-corrected chi connectivity index (χ1v) is 7.25. The summed E-state index contributed by atoms with van der Waals surface area (Å²) in [4.78, 5) is 0. The van der Waals surface area contributed by atoms with E-state index in [0.717, 1.165) is 29.1 Å². The maximum absolute atomic E-state index is 5.70. The lowest BCUT2D eigenvalue weighted by atomic mass is 10.0. The van der Waals surface area contributed by atoms with E-state index in [0.29, 0.717) is 5.92 Å². The van der Waals surface area contributed by atoms with Gasteiger partial charge in [-0.15, -0.1) is 0 Å². The van der Waals surface area contributed by atoms with Gasteiger partial charge in [-0.05, 0) is 46.6 Å². The molecule has 0 spiro atoms. The van der Waals surface area contributed by atoms with Crippen LogP contribution in [0.4, 0.5) is 5.69 Å². The third-order valence-corrected chi connectivity index (χ3v) is 4.15. The van der Waals surface area contributed by atoms with Gasteiger partial charge in [0.25, 0.3) is 0 Å². The zero-order valence-corrected chi connectivity index (χ0v) is 12.4. The van der Waals surface area contributed by atoms with E-state index in [2.05, 4.69) is 58.5 Å². The molecule has 2 aromatic rings. The van der Waals surface area contributed by atoms with Gasteiger partial charge in [-0.25, -0.2) is 0 Å². The lowest BCUT2D eigenvalue weighted by molar-refractivity contribution is 0.334. The highest BCUT2D eigenvalue weighted by molar-refractivity contribution is 9.10. The number of fused-ring (bicyclic) bond motifs is 1. The molecular weight excluding hydrogens is 302 g/mol. The van der Waals surface area contributed by atoms with Crippen LogP contribution in [-0.4, -0.2) is 13.2 Å². The number of ether oxygens (including phenoxy) is 1. The van der Waals surface area contributed by atoms with Gasteiger partial charge in [-0.3, -0.25) is 0 Å². The molecular formula is C16H16BrNO. The van der Waals surface area contributed by atoms with E-state index in [4.69, 9.17) is 4.74 Å². The van der Waals surface area contributed by atoms with Gasteiger partial charge in [0, 0.05) is 28.2 Å². The Bertz CT molecular complexity index is 597. The van der Waals surface area contributed by atoms with Crippen molar-refractivity contribution >= 4 is 21.6 Å². The fraction of sp³-hybridized carbons (Fsp3) is 0.250. The minimum atomic E-state index is 0.420. The number of anilines is 1. The summed E-state index contributed by atoms with van der Waals surface area (Å²) in [5.41, 5.74) is 3.71. The number of aryl methyl sites for hydroxylation is 1. The van der Waals surface area contributed by atoms with Crippen molar-refractivity contribution in [3.8, 4) is 5.75 Å². The zero-order chi connectivity index (χ0) is 13.2. The summed E-state index contributed by atoms with van der Waals surface area (Å²) in [6, 6.07) is 14.6. The molecule has 3 rings (SSSR count). The third-order valence-electron chi connectivity index (χ3n) is 3.46. The number of rotatable bonds is 3. The topological polar surface area (TPSA) is 21.3 Å². The summed E-state index contributed by atoms with van der Waals surface area (Å²) in [5.74, 6) is 1.45. The molecule has 98 valence electrons. The fourth-order valence-corrected chi connectivity index (χ4v) is 2.79. The maximum Gasteiger partial charge on any atom is 0.122 e. The van der Waals surface area contributed by atoms with Gasteiger partial charge < -0.3 is 10.1 Å². The van der Waals surface area contributed by atoms with Gasteiger partial charge in [0.2, 0.25) is 0 Å². The molecule has 0 fully saturated rings. The van der Waals surface area contributed by atoms with Crippen molar-refractivity contribution in [1.29, 1.82) is 0 Å². The number of hydrogen-bond acceptors (Lipinski definition) is 2. The van der Waals surface area contributed by atoms with E-state index < -0.39 is 0 Å². The molecule has 2 nitrogen and oxygen atoms in total. The Kier molecular flexibility index (Phi) is 3.47.